The van der Waals surface area contributed by atoms with Crippen molar-refractivity contribution >= 4 is 41.3 Å². The molecule has 0 fully saturated rings. The summed E-state index contributed by atoms with van der Waals surface area (Å²) in [5.74, 6) is 0.894. The van der Waals surface area contributed by atoms with Gasteiger partial charge in [-0.25, -0.2) is 4.98 Å². The summed E-state index contributed by atoms with van der Waals surface area (Å²) in [5, 5.41) is 7.92. The van der Waals surface area contributed by atoms with Crippen LogP contribution in [-0.4, -0.2) is 56.6 Å². The smallest absolute Gasteiger partial charge is 0.190 e. The molecule has 0 saturated carbocycles. The molecule has 0 saturated heterocycles. The van der Waals surface area contributed by atoms with Gasteiger partial charge in [-0.3, -0.25) is 4.99 Å². The molecule has 0 bridgehead atoms. The number of nitrogens with one attached hydrogen (secondary N) is 2. The minimum Gasteiger partial charge on any atom is -0.356 e. The molecule has 1 aromatic rings. The summed E-state index contributed by atoms with van der Waals surface area (Å²) in [6.07, 6.45) is 9.34. The zero-order chi connectivity index (χ0) is 16.9. The Kier molecular flexibility index (Phi) is 14.6. The van der Waals surface area contributed by atoms with Gasteiger partial charge >= 0.3 is 0 Å². The highest BCUT2D eigenvalue weighted by atomic mass is 127. The van der Waals surface area contributed by atoms with E-state index >= 15 is 0 Å². The second kappa shape index (κ2) is 14.9. The van der Waals surface area contributed by atoms with E-state index in [0.717, 1.165) is 25.5 Å². The van der Waals surface area contributed by atoms with Gasteiger partial charge in [-0.05, 0) is 40.4 Å². The summed E-state index contributed by atoms with van der Waals surface area (Å²) in [5.41, 5.74) is 0. The number of guanidine groups is 1. The van der Waals surface area contributed by atoms with Gasteiger partial charge in [0, 0.05) is 37.6 Å². The Balaban J connectivity index is 0.00000529. The summed E-state index contributed by atoms with van der Waals surface area (Å²) < 4.78 is 0. The second-order valence-electron chi connectivity index (χ2n) is 6.11. The number of unbranched alkanes of at least 4 members (excludes halogenated alkanes) is 4. The molecule has 0 aliphatic carbocycles. The van der Waals surface area contributed by atoms with Crippen molar-refractivity contribution in [1.29, 1.82) is 0 Å². The van der Waals surface area contributed by atoms with E-state index in [2.05, 4.69) is 46.5 Å². The lowest BCUT2D eigenvalue weighted by Gasteiger charge is -2.11. The van der Waals surface area contributed by atoms with Gasteiger partial charge in [0.05, 0.1) is 5.01 Å². The predicted octanol–water partition coefficient (Wildman–Crippen LogP) is 3.29. The minimum absolute atomic E-state index is 0. The highest BCUT2D eigenvalue weighted by Gasteiger charge is 2.00. The Labute approximate surface area is 168 Å². The second-order valence-corrected chi connectivity index (χ2v) is 7.43. The molecule has 0 aliphatic heterocycles. The van der Waals surface area contributed by atoms with Crippen molar-refractivity contribution in [2.24, 2.45) is 4.99 Å². The van der Waals surface area contributed by atoms with Crippen LogP contribution >= 0.6 is 35.3 Å². The van der Waals surface area contributed by atoms with Crippen molar-refractivity contribution in [3.8, 4) is 0 Å². The van der Waals surface area contributed by atoms with Crippen molar-refractivity contribution in [2.45, 2.75) is 45.4 Å². The van der Waals surface area contributed by atoms with Crippen molar-refractivity contribution < 1.29 is 0 Å². The number of rotatable bonds is 11. The molecule has 1 rings (SSSR count). The average molecular weight is 467 g/mol. The van der Waals surface area contributed by atoms with Crippen LogP contribution in [0.25, 0.3) is 0 Å². The lowest BCUT2D eigenvalue weighted by molar-refractivity contribution is 0.389. The molecule has 0 spiro atoms. The summed E-state index contributed by atoms with van der Waals surface area (Å²) in [4.78, 5) is 12.2. The maximum Gasteiger partial charge on any atom is 0.190 e. The van der Waals surface area contributed by atoms with Gasteiger partial charge in [-0.2, -0.15) is 0 Å². The molecule has 0 aromatic carbocycles. The van der Waals surface area contributed by atoms with Crippen LogP contribution in [0.4, 0.5) is 0 Å². The minimum atomic E-state index is 0. The fourth-order valence-corrected chi connectivity index (χ4v) is 3.10. The van der Waals surface area contributed by atoms with Crippen LogP contribution in [0, 0.1) is 6.92 Å². The first-order valence-corrected chi connectivity index (χ1v) is 9.44. The largest absolute Gasteiger partial charge is 0.356 e. The molecule has 1 aromatic heterocycles. The average Bonchev–Trinajstić information content (AvgIpc) is 2.93. The number of nitrogens with zero attached hydrogens (tertiary/aromatic N) is 3. The van der Waals surface area contributed by atoms with Gasteiger partial charge in [-0.15, -0.1) is 35.3 Å². The summed E-state index contributed by atoms with van der Waals surface area (Å²) in [7, 11) is 6.10. The summed E-state index contributed by atoms with van der Waals surface area (Å²) in [6.45, 7) is 5.16. The van der Waals surface area contributed by atoms with Gasteiger partial charge in [0.25, 0.3) is 0 Å². The lowest BCUT2D eigenvalue weighted by Crippen LogP contribution is -2.38. The number of hydrogen-bond donors (Lipinski definition) is 2. The molecule has 0 amide bonds. The standard InChI is InChI=1S/C17H33N5S.HI/c1-15-14-21-16(23-15)10-12-20-17(18-2)19-11-8-6-5-7-9-13-22(3)4;/h14H,5-13H2,1-4H3,(H2,18,19,20);1H. The van der Waals surface area contributed by atoms with E-state index in [1.165, 1.54) is 48.5 Å². The molecule has 140 valence electrons. The Bertz CT molecular complexity index is 448. The van der Waals surface area contributed by atoms with E-state index in [9.17, 15) is 0 Å². The zero-order valence-electron chi connectivity index (χ0n) is 15.6. The molecule has 0 radical (unpaired) electrons. The number of halogens is 1. The van der Waals surface area contributed by atoms with Crippen molar-refractivity contribution in [3.63, 3.8) is 0 Å². The monoisotopic (exact) mass is 467 g/mol. The highest BCUT2D eigenvalue weighted by Crippen LogP contribution is 2.10. The van der Waals surface area contributed by atoms with Crippen LogP contribution in [0.2, 0.25) is 0 Å². The van der Waals surface area contributed by atoms with Crippen LogP contribution in [0.3, 0.4) is 0 Å². The molecular weight excluding hydrogens is 433 g/mol. The van der Waals surface area contributed by atoms with Crippen LogP contribution in [-0.2, 0) is 6.42 Å². The van der Waals surface area contributed by atoms with Gasteiger partial charge in [-0.1, -0.05) is 19.3 Å². The third-order valence-electron chi connectivity index (χ3n) is 3.60. The molecule has 24 heavy (non-hydrogen) atoms. The quantitative estimate of drug-likeness (QED) is 0.227. The number of hydrogen-bond acceptors (Lipinski definition) is 4. The summed E-state index contributed by atoms with van der Waals surface area (Å²) >= 11 is 1.77. The van der Waals surface area contributed by atoms with Gasteiger partial charge in [0.15, 0.2) is 5.96 Å². The first-order chi connectivity index (χ1) is 11.1. The Hall–Kier alpha value is -0.410. The molecule has 7 heteroatoms. The molecule has 0 aliphatic rings. The van der Waals surface area contributed by atoms with E-state index in [1.54, 1.807) is 11.3 Å². The van der Waals surface area contributed by atoms with Crippen molar-refractivity contribution in [2.75, 3.05) is 40.8 Å². The first kappa shape index (κ1) is 23.6. The first-order valence-electron chi connectivity index (χ1n) is 8.62. The van der Waals surface area contributed by atoms with Crippen molar-refractivity contribution in [3.05, 3.63) is 16.1 Å². The zero-order valence-corrected chi connectivity index (χ0v) is 18.7. The fourth-order valence-electron chi connectivity index (χ4n) is 2.32. The molecule has 0 unspecified atom stereocenters. The van der Waals surface area contributed by atoms with Gasteiger partial charge < -0.3 is 15.5 Å². The normalized spacial score (nSPS) is 11.5. The van der Waals surface area contributed by atoms with Gasteiger partial charge in [0.2, 0.25) is 0 Å². The Morgan fingerprint density at radius 2 is 1.79 bits per heavy atom. The lowest BCUT2D eigenvalue weighted by atomic mass is 10.1. The molecule has 1 heterocycles. The topological polar surface area (TPSA) is 52.6 Å². The number of aliphatic imine (C=N–C) groups is 1. The number of thiazole rings is 1. The van der Waals surface area contributed by atoms with E-state index in [1.807, 2.05) is 13.2 Å². The third kappa shape index (κ3) is 12.0. The predicted molar refractivity (Wildman–Crippen MR) is 117 cm³/mol. The highest BCUT2D eigenvalue weighted by molar-refractivity contribution is 14.0. The molecule has 5 nitrogen and oxygen atoms in total. The van der Waals surface area contributed by atoms with Crippen molar-refractivity contribution in [1.82, 2.24) is 20.5 Å². The Morgan fingerprint density at radius 1 is 1.12 bits per heavy atom. The van der Waals surface area contributed by atoms with Crippen LogP contribution in [0.1, 0.15) is 42.0 Å². The molecular formula is C17H34IN5S. The maximum atomic E-state index is 4.38. The van der Waals surface area contributed by atoms with E-state index < -0.39 is 0 Å². The molecule has 2 N–H and O–H groups in total. The number of aromatic nitrogens is 1. The SMILES string of the molecule is CN=C(NCCCCCCCN(C)C)NCCc1ncc(C)s1.I. The van der Waals surface area contributed by atoms with Gasteiger partial charge in [0.1, 0.15) is 0 Å². The Morgan fingerprint density at radius 3 is 2.42 bits per heavy atom. The van der Waals surface area contributed by atoms with E-state index in [0.29, 0.717) is 0 Å². The van der Waals surface area contributed by atoms with Crippen LogP contribution in [0.5, 0.6) is 0 Å². The van der Waals surface area contributed by atoms with Crippen LogP contribution in [0.15, 0.2) is 11.2 Å². The van der Waals surface area contributed by atoms with E-state index in [4.69, 9.17) is 0 Å². The van der Waals surface area contributed by atoms with Crippen LogP contribution < -0.4 is 10.6 Å². The number of aryl methyl sites for hydroxylation is 1. The van der Waals surface area contributed by atoms with E-state index in [-0.39, 0.29) is 24.0 Å². The fraction of sp³-hybridized carbons (Fsp3) is 0.765. The summed E-state index contributed by atoms with van der Waals surface area (Å²) in [6, 6.07) is 0. The molecule has 0 atom stereocenters. The maximum absolute atomic E-state index is 4.38. The third-order valence-corrected chi connectivity index (χ3v) is 4.57.